The Kier molecular flexibility index (Phi) is 6.43. The number of aromatic nitrogens is 3. The first-order valence-corrected chi connectivity index (χ1v) is 11.1. The Labute approximate surface area is 196 Å². The van der Waals surface area contributed by atoms with Gasteiger partial charge in [0.1, 0.15) is 5.82 Å². The molecule has 6 nitrogen and oxygen atoms in total. The lowest BCUT2D eigenvalue weighted by Crippen LogP contribution is -2.26. The van der Waals surface area contributed by atoms with Crippen LogP contribution in [0.4, 0.5) is 18.9 Å². The van der Waals surface area contributed by atoms with E-state index in [1.807, 2.05) is 6.92 Å². The van der Waals surface area contributed by atoms with Gasteiger partial charge in [0, 0.05) is 11.9 Å². The molecule has 34 heavy (non-hydrogen) atoms. The fourth-order valence-corrected chi connectivity index (χ4v) is 4.15. The number of carbonyl (C=O) groups is 1. The van der Waals surface area contributed by atoms with Crippen LogP contribution in [0.15, 0.2) is 76.8 Å². The van der Waals surface area contributed by atoms with Crippen molar-refractivity contribution in [1.82, 2.24) is 14.5 Å². The Morgan fingerprint density at radius 1 is 1.09 bits per heavy atom. The van der Waals surface area contributed by atoms with Crippen molar-refractivity contribution in [2.45, 2.75) is 30.4 Å². The molecule has 1 amide bonds. The molecule has 0 spiro atoms. The molecule has 0 saturated carbocycles. The summed E-state index contributed by atoms with van der Waals surface area (Å²) in [6.45, 7) is 3.50. The molecule has 1 N–H and O–H groups in total. The fourth-order valence-electron chi connectivity index (χ4n) is 3.23. The maximum absolute atomic E-state index is 13.3. The van der Waals surface area contributed by atoms with Crippen molar-refractivity contribution < 1.29 is 18.0 Å². The third-order valence-corrected chi connectivity index (χ3v) is 6.06. The quantitative estimate of drug-likeness (QED) is 0.310. The number of amides is 1. The first-order chi connectivity index (χ1) is 16.1. The van der Waals surface area contributed by atoms with E-state index in [9.17, 15) is 22.8 Å². The summed E-state index contributed by atoms with van der Waals surface area (Å²) in [5.41, 5.74) is 0.488. The summed E-state index contributed by atoms with van der Waals surface area (Å²) in [5, 5.41) is 2.58. The summed E-state index contributed by atoms with van der Waals surface area (Å²) in [6, 6.07) is 14.6. The van der Waals surface area contributed by atoms with E-state index in [2.05, 4.69) is 15.3 Å². The Morgan fingerprint density at radius 3 is 2.47 bits per heavy atom. The number of nitrogens with zero attached hydrogens (tertiary/aromatic N) is 3. The second-order valence-corrected chi connectivity index (χ2v) is 8.88. The fraction of sp³-hybridized carbons (Fsp3) is 0.167. The van der Waals surface area contributed by atoms with E-state index < -0.39 is 22.9 Å². The van der Waals surface area contributed by atoms with Crippen molar-refractivity contribution in [3.8, 4) is 5.82 Å². The van der Waals surface area contributed by atoms with Gasteiger partial charge in [-0.15, -0.1) is 0 Å². The molecule has 0 radical (unpaired) electrons. The molecule has 4 rings (SSSR count). The number of para-hydroxylation sites is 1. The lowest BCUT2D eigenvalue weighted by molar-refractivity contribution is -0.137. The first kappa shape index (κ1) is 23.5. The van der Waals surface area contributed by atoms with Crippen LogP contribution in [0.5, 0.6) is 0 Å². The highest BCUT2D eigenvalue weighted by molar-refractivity contribution is 8.00. The number of hydrogen-bond acceptors (Lipinski definition) is 5. The summed E-state index contributed by atoms with van der Waals surface area (Å²) in [6.07, 6.45) is -2.87. The average Bonchev–Trinajstić information content (AvgIpc) is 2.79. The zero-order valence-corrected chi connectivity index (χ0v) is 18.9. The van der Waals surface area contributed by atoms with Crippen LogP contribution >= 0.6 is 11.8 Å². The highest BCUT2D eigenvalue weighted by atomic mass is 32.2. The molecular formula is C24H19F3N4O2S. The minimum atomic E-state index is -4.46. The van der Waals surface area contributed by atoms with Gasteiger partial charge in [0.2, 0.25) is 5.91 Å². The van der Waals surface area contributed by atoms with Crippen molar-refractivity contribution in [1.29, 1.82) is 0 Å². The monoisotopic (exact) mass is 484 g/mol. The summed E-state index contributed by atoms with van der Waals surface area (Å²) >= 11 is 1.05. The minimum absolute atomic E-state index is 0.231. The van der Waals surface area contributed by atoms with Gasteiger partial charge in [-0.2, -0.15) is 13.2 Å². The van der Waals surface area contributed by atoms with Crippen molar-refractivity contribution in [2.24, 2.45) is 0 Å². The van der Waals surface area contributed by atoms with Crippen molar-refractivity contribution >= 4 is 34.3 Å². The molecule has 0 aliphatic heterocycles. The number of halogens is 3. The predicted molar refractivity (Wildman–Crippen MR) is 125 cm³/mol. The van der Waals surface area contributed by atoms with Gasteiger partial charge in [-0.05, 0) is 67.9 Å². The smallest absolute Gasteiger partial charge is 0.325 e. The first-order valence-electron chi connectivity index (χ1n) is 10.2. The number of fused-ring (bicyclic) bond motifs is 1. The van der Waals surface area contributed by atoms with Crippen LogP contribution in [-0.4, -0.2) is 25.7 Å². The van der Waals surface area contributed by atoms with Gasteiger partial charge in [-0.3, -0.25) is 9.59 Å². The van der Waals surface area contributed by atoms with E-state index in [1.165, 1.54) is 16.7 Å². The predicted octanol–water partition coefficient (Wildman–Crippen LogP) is 5.23. The molecule has 0 saturated heterocycles. The Morgan fingerprint density at radius 2 is 1.79 bits per heavy atom. The Bertz CT molecular complexity index is 1420. The third kappa shape index (κ3) is 4.96. The van der Waals surface area contributed by atoms with Gasteiger partial charge >= 0.3 is 6.18 Å². The molecule has 2 heterocycles. The van der Waals surface area contributed by atoms with E-state index in [1.54, 1.807) is 49.5 Å². The van der Waals surface area contributed by atoms with Crippen LogP contribution in [0.25, 0.3) is 16.7 Å². The molecule has 0 aliphatic carbocycles. The van der Waals surface area contributed by atoms with Gasteiger partial charge in [0.05, 0.1) is 21.7 Å². The van der Waals surface area contributed by atoms with Crippen molar-refractivity contribution in [3.05, 3.63) is 88.3 Å². The lowest BCUT2D eigenvalue weighted by Gasteiger charge is -2.16. The number of carbonyl (C=O) groups excluding carboxylic acids is 1. The van der Waals surface area contributed by atoms with E-state index in [0.717, 1.165) is 29.5 Å². The maximum atomic E-state index is 13.3. The largest absolute Gasteiger partial charge is 0.416 e. The van der Waals surface area contributed by atoms with Gasteiger partial charge in [-0.1, -0.05) is 23.9 Å². The van der Waals surface area contributed by atoms with E-state index in [-0.39, 0.29) is 16.4 Å². The van der Waals surface area contributed by atoms with Crippen molar-refractivity contribution in [2.75, 3.05) is 5.32 Å². The van der Waals surface area contributed by atoms with Crippen LogP contribution in [-0.2, 0) is 11.0 Å². The number of alkyl halides is 3. The molecule has 2 aromatic heterocycles. The average molecular weight is 485 g/mol. The summed E-state index contributed by atoms with van der Waals surface area (Å²) in [7, 11) is 0. The molecule has 2 aromatic carbocycles. The van der Waals surface area contributed by atoms with Gasteiger partial charge in [0.25, 0.3) is 5.56 Å². The van der Waals surface area contributed by atoms with E-state index >= 15 is 0 Å². The third-order valence-electron chi connectivity index (χ3n) is 5.01. The Hall–Kier alpha value is -3.66. The standard InChI is InChI=1S/C24H19F3N4O2S/c1-14-11-12-28-20(13-14)31-22(33)18-5-3-4-6-19(18)30-23(31)34-15(2)21(32)29-17-9-7-16(8-10-17)24(25,26)27/h3-13,15H,1-2H3,(H,29,32). The summed E-state index contributed by atoms with van der Waals surface area (Å²) in [5.74, 6) is -0.0722. The molecule has 0 fully saturated rings. The zero-order valence-electron chi connectivity index (χ0n) is 18.1. The SMILES string of the molecule is Cc1ccnc(-n2c(SC(C)C(=O)Nc3ccc(C(F)(F)F)cc3)nc3ccccc3c2=O)c1. The Balaban J connectivity index is 1.65. The number of rotatable bonds is 5. The maximum Gasteiger partial charge on any atom is 0.416 e. The molecule has 0 aliphatic rings. The van der Waals surface area contributed by atoms with Crippen LogP contribution in [0.3, 0.4) is 0 Å². The number of benzene rings is 2. The van der Waals surface area contributed by atoms with Crippen LogP contribution in [0, 0.1) is 6.92 Å². The van der Waals surface area contributed by atoms with Crippen LogP contribution in [0.1, 0.15) is 18.1 Å². The second kappa shape index (κ2) is 9.30. The molecular weight excluding hydrogens is 465 g/mol. The molecule has 4 aromatic rings. The second-order valence-electron chi connectivity index (χ2n) is 7.57. The number of hydrogen-bond donors (Lipinski definition) is 1. The highest BCUT2D eigenvalue weighted by Crippen LogP contribution is 2.30. The topological polar surface area (TPSA) is 76.9 Å². The molecule has 1 unspecified atom stereocenters. The number of pyridine rings is 1. The molecule has 0 bridgehead atoms. The van der Waals surface area contributed by atoms with Crippen LogP contribution < -0.4 is 10.9 Å². The number of aryl methyl sites for hydroxylation is 1. The van der Waals surface area contributed by atoms with E-state index in [4.69, 9.17) is 0 Å². The highest BCUT2D eigenvalue weighted by Gasteiger charge is 2.30. The van der Waals surface area contributed by atoms with Crippen molar-refractivity contribution in [3.63, 3.8) is 0 Å². The van der Waals surface area contributed by atoms with Gasteiger partial charge < -0.3 is 5.32 Å². The molecule has 1 atom stereocenters. The summed E-state index contributed by atoms with van der Waals surface area (Å²) < 4.78 is 39.7. The normalized spacial score (nSPS) is 12.5. The number of nitrogens with one attached hydrogen (secondary N) is 1. The van der Waals surface area contributed by atoms with Gasteiger partial charge in [-0.25, -0.2) is 14.5 Å². The van der Waals surface area contributed by atoms with Gasteiger partial charge in [0.15, 0.2) is 5.16 Å². The summed E-state index contributed by atoms with van der Waals surface area (Å²) in [4.78, 5) is 35.0. The van der Waals surface area contributed by atoms with E-state index in [0.29, 0.717) is 16.7 Å². The zero-order chi connectivity index (χ0) is 24.5. The van der Waals surface area contributed by atoms with Crippen LogP contribution in [0.2, 0.25) is 0 Å². The number of anilines is 1. The molecule has 10 heteroatoms. The molecule has 174 valence electrons. The lowest BCUT2D eigenvalue weighted by atomic mass is 10.2. The minimum Gasteiger partial charge on any atom is -0.325 e. The number of thioether (sulfide) groups is 1.